The first-order chi connectivity index (χ1) is 11.3. The summed E-state index contributed by atoms with van der Waals surface area (Å²) in [5.41, 5.74) is 2.74. The van der Waals surface area contributed by atoms with E-state index in [1.165, 1.54) is 49.7 Å². The number of allylic oxidation sites excluding steroid dienone is 2. The fourth-order valence-corrected chi connectivity index (χ4v) is 3.47. The van der Waals surface area contributed by atoms with Crippen molar-refractivity contribution >= 4 is 0 Å². The van der Waals surface area contributed by atoms with E-state index in [1.807, 2.05) is 6.08 Å². The van der Waals surface area contributed by atoms with Crippen LogP contribution < -0.4 is 0 Å². The Labute approximate surface area is 142 Å². The Morgan fingerprint density at radius 2 is 1.78 bits per heavy atom. The predicted octanol–water partition coefficient (Wildman–Crippen LogP) is 6.09. The third kappa shape index (κ3) is 6.74. The van der Waals surface area contributed by atoms with Gasteiger partial charge in [0.1, 0.15) is 0 Å². The van der Waals surface area contributed by atoms with Gasteiger partial charge in [-0.15, -0.1) is 6.58 Å². The zero-order chi connectivity index (χ0) is 16.3. The predicted molar refractivity (Wildman–Crippen MR) is 99.5 cm³/mol. The molecule has 1 nitrogen and oxygen atoms in total. The lowest BCUT2D eigenvalue weighted by Crippen LogP contribution is -2.13. The van der Waals surface area contributed by atoms with Crippen LogP contribution in [0.1, 0.15) is 56.6 Å². The minimum atomic E-state index is 0.711. The highest BCUT2D eigenvalue weighted by Gasteiger charge is 2.18. The lowest BCUT2D eigenvalue weighted by Gasteiger charge is -2.26. The lowest BCUT2D eigenvalue weighted by molar-refractivity contribution is 0.125. The van der Waals surface area contributed by atoms with Crippen molar-refractivity contribution in [1.29, 1.82) is 0 Å². The number of benzene rings is 1. The third-order valence-electron chi connectivity index (χ3n) is 4.96. The van der Waals surface area contributed by atoms with Crippen LogP contribution in [0.2, 0.25) is 0 Å². The Kier molecular flexibility index (Phi) is 8.17. The molecule has 1 fully saturated rings. The topological polar surface area (TPSA) is 9.23 Å². The Balaban J connectivity index is 1.67. The average Bonchev–Trinajstić information content (AvgIpc) is 2.59. The van der Waals surface area contributed by atoms with E-state index >= 15 is 0 Å². The molecule has 0 bridgehead atoms. The molecule has 0 N–H and O–H groups in total. The Hall–Kier alpha value is -1.34. The van der Waals surface area contributed by atoms with Crippen LogP contribution in [0.25, 0.3) is 0 Å². The van der Waals surface area contributed by atoms with Gasteiger partial charge in [0.15, 0.2) is 0 Å². The molecule has 1 heteroatoms. The minimum absolute atomic E-state index is 0.711. The quantitative estimate of drug-likeness (QED) is 0.396. The summed E-state index contributed by atoms with van der Waals surface area (Å²) in [6.07, 6.45) is 15.6. The van der Waals surface area contributed by atoms with E-state index in [0.29, 0.717) is 6.61 Å². The minimum Gasteiger partial charge on any atom is -0.376 e. The van der Waals surface area contributed by atoms with Crippen molar-refractivity contribution in [3.63, 3.8) is 0 Å². The first-order valence-corrected chi connectivity index (χ1v) is 9.21. The molecule has 1 saturated carbocycles. The molecule has 0 spiro atoms. The van der Waals surface area contributed by atoms with Gasteiger partial charge in [0.25, 0.3) is 0 Å². The maximum atomic E-state index is 5.61. The molecule has 0 atom stereocenters. The second-order valence-electron chi connectivity index (χ2n) is 6.79. The summed E-state index contributed by atoms with van der Waals surface area (Å²) in [5, 5.41) is 0. The van der Waals surface area contributed by atoms with Crippen LogP contribution in [0.3, 0.4) is 0 Å². The molecule has 126 valence electrons. The van der Waals surface area contributed by atoms with Crippen molar-refractivity contribution in [3.8, 4) is 0 Å². The highest BCUT2D eigenvalue weighted by atomic mass is 16.5. The van der Waals surface area contributed by atoms with E-state index in [4.69, 9.17) is 4.74 Å². The third-order valence-corrected chi connectivity index (χ3v) is 4.96. The molecule has 0 aromatic heterocycles. The fraction of sp³-hybridized carbons (Fsp3) is 0.545. The van der Waals surface area contributed by atoms with E-state index in [2.05, 4.69) is 49.9 Å². The van der Waals surface area contributed by atoms with Crippen LogP contribution in [0.5, 0.6) is 0 Å². The van der Waals surface area contributed by atoms with Crippen molar-refractivity contribution in [2.24, 2.45) is 11.8 Å². The zero-order valence-corrected chi connectivity index (χ0v) is 14.7. The van der Waals surface area contributed by atoms with Gasteiger partial charge in [-0.05, 0) is 74.8 Å². The zero-order valence-electron chi connectivity index (χ0n) is 14.7. The van der Waals surface area contributed by atoms with Gasteiger partial charge in [0.05, 0.1) is 13.2 Å². The largest absolute Gasteiger partial charge is 0.376 e. The first kappa shape index (κ1) is 18.0. The van der Waals surface area contributed by atoms with Gasteiger partial charge in [-0.25, -0.2) is 0 Å². The molecule has 0 amide bonds. The van der Waals surface area contributed by atoms with Gasteiger partial charge in [-0.3, -0.25) is 0 Å². The second kappa shape index (κ2) is 10.4. The Bertz CT molecular complexity index is 463. The molecule has 0 saturated heterocycles. The van der Waals surface area contributed by atoms with Crippen LogP contribution in [0.4, 0.5) is 0 Å². The summed E-state index contributed by atoms with van der Waals surface area (Å²) in [4.78, 5) is 0. The summed E-state index contributed by atoms with van der Waals surface area (Å²) < 4.78 is 5.61. The summed E-state index contributed by atoms with van der Waals surface area (Å²) in [6.45, 7) is 7.32. The molecule has 2 rings (SSSR count). The molecule has 0 heterocycles. The standard InChI is InChI=1S/C22H32O/c1-3-5-17-23-18-22-15-13-21(14-16-22)12-11-20-9-7-19(6-4-2)8-10-20/h3-4,6,13-16,19-20H,1,5,7-12,17-18H2,2H3/b6-4-. The smallest absolute Gasteiger partial charge is 0.0717 e. The Morgan fingerprint density at radius 1 is 1.09 bits per heavy atom. The molecule has 1 aromatic carbocycles. The van der Waals surface area contributed by atoms with Gasteiger partial charge in [-0.2, -0.15) is 0 Å². The van der Waals surface area contributed by atoms with Crippen molar-refractivity contribution in [1.82, 2.24) is 0 Å². The van der Waals surface area contributed by atoms with E-state index in [1.54, 1.807) is 0 Å². The van der Waals surface area contributed by atoms with Crippen LogP contribution in [-0.4, -0.2) is 6.61 Å². The molecular weight excluding hydrogens is 280 g/mol. The van der Waals surface area contributed by atoms with Crippen molar-refractivity contribution in [2.45, 2.75) is 58.5 Å². The van der Waals surface area contributed by atoms with Crippen LogP contribution in [0, 0.1) is 11.8 Å². The van der Waals surface area contributed by atoms with E-state index < -0.39 is 0 Å². The SMILES string of the molecule is C=CCCOCc1ccc(CCC2CCC(/C=C\C)CC2)cc1. The molecule has 1 aliphatic carbocycles. The number of hydrogen-bond acceptors (Lipinski definition) is 1. The van der Waals surface area contributed by atoms with Crippen LogP contribution in [0.15, 0.2) is 49.1 Å². The van der Waals surface area contributed by atoms with Crippen LogP contribution >= 0.6 is 0 Å². The monoisotopic (exact) mass is 312 g/mol. The summed E-state index contributed by atoms with van der Waals surface area (Å²) >= 11 is 0. The fourth-order valence-electron chi connectivity index (χ4n) is 3.47. The molecule has 0 aliphatic heterocycles. The first-order valence-electron chi connectivity index (χ1n) is 9.21. The Morgan fingerprint density at radius 3 is 2.43 bits per heavy atom. The van der Waals surface area contributed by atoms with E-state index in [-0.39, 0.29) is 0 Å². The van der Waals surface area contributed by atoms with Crippen molar-refractivity contribution < 1.29 is 4.74 Å². The highest BCUT2D eigenvalue weighted by Crippen LogP contribution is 2.32. The van der Waals surface area contributed by atoms with Crippen LogP contribution in [-0.2, 0) is 17.8 Å². The molecule has 0 radical (unpaired) electrons. The van der Waals surface area contributed by atoms with Crippen molar-refractivity contribution in [3.05, 3.63) is 60.2 Å². The normalized spacial score (nSPS) is 21.6. The lowest BCUT2D eigenvalue weighted by atomic mass is 9.79. The maximum absolute atomic E-state index is 5.61. The van der Waals surface area contributed by atoms with Gasteiger partial charge in [0, 0.05) is 0 Å². The van der Waals surface area contributed by atoms with Gasteiger partial charge < -0.3 is 4.74 Å². The number of ether oxygens (including phenoxy) is 1. The van der Waals surface area contributed by atoms with E-state index in [9.17, 15) is 0 Å². The van der Waals surface area contributed by atoms with Gasteiger partial charge in [0.2, 0.25) is 0 Å². The summed E-state index contributed by atoms with van der Waals surface area (Å²) in [7, 11) is 0. The number of rotatable bonds is 9. The molecule has 1 aromatic rings. The highest BCUT2D eigenvalue weighted by molar-refractivity contribution is 5.22. The average molecular weight is 312 g/mol. The summed E-state index contributed by atoms with van der Waals surface area (Å²) in [5.74, 6) is 1.77. The summed E-state index contributed by atoms with van der Waals surface area (Å²) in [6, 6.07) is 8.98. The molecular formula is C22H32O. The molecule has 1 aliphatic rings. The second-order valence-corrected chi connectivity index (χ2v) is 6.79. The van der Waals surface area contributed by atoms with Gasteiger partial charge >= 0.3 is 0 Å². The molecule has 23 heavy (non-hydrogen) atoms. The van der Waals surface area contributed by atoms with Gasteiger partial charge in [-0.1, -0.05) is 42.5 Å². The number of hydrogen-bond donors (Lipinski definition) is 0. The maximum Gasteiger partial charge on any atom is 0.0717 e. The number of aryl methyl sites for hydroxylation is 1. The van der Waals surface area contributed by atoms with Crippen molar-refractivity contribution in [2.75, 3.05) is 6.61 Å². The van der Waals surface area contributed by atoms with E-state index in [0.717, 1.165) is 24.9 Å². The molecule has 0 unspecified atom stereocenters.